The second-order valence-corrected chi connectivity index (χ2v) is 16.7. The number of ketones is 1. The van der Waals surface area contributed by atoms with Crippen LogP contribution >= 0.6 is 23.2 Å². The number of hydrogen-bond donors (Lipinski definition) is 1. The van der Waals surface area contributed by atoms with E-state index in [0.29, 0.717) is 28.8 Å². The van der Waals surface area contributed by atoms with Gasteiger partial charge in [-0.1, -0.05) is 89.9 Å². The van der Waals surface area contributed by atoms with Gasteiger partial charge in [-0.25, -0.2) is 17.8 Å². The lowest BCUT2D eigenvalue weighted by Crippen LogP contribution is -2.39. The summed E-state index contributed by atoms with van der Waals surface area (Å²) in [6.07, 6.45) is 1.47. The number of rotatable bonds is 10. The Hall–Kier alpha value is -4.38. The summed E-state index contributed by atoms with van der Waals surface area (Å²) >= 11 is 12.5. The number of halogens is 3. The van der Waals surface area contributed by atoms with Crippen molar-refractivity contribution in [3.05, 3.63) is 165 Å². The number of aliphatic hydroxyl groups excluding tert-OH is 1. The number of benzene rings is 5. The number of aliphatic hydroxyl groups is 1. The predicted molar refractivity (Wildman–Crippen MR) is 205 cm³/mol. The first-order chi connectivity index (χ1) is 25.6. The van der Waals surface area contributed by atoms with Crippen LogP contribution in [0.15, 0.2) is 120 Å². The normalized spacial score (nSPS) is 16.3. The van der Waals surface area contributed by atoms with Crippen LogP contribution in [0.1, 0.15) is 88.1 Å². The van der Waals surface area contributed by atoms with Crippen molar-refractivity contribution in [1.29, 1.82) is 0 Å². The molecule has 1 N–H and O–H groups in total. The molecule has 1 aromatic heterocycles. The molecule has 2 heterocycles. The Morgan fingerprint density at radius 1 is 0.774 bits per heavy atom. The number of hydrogen-bond acceptors (Lipinski definition) is 5. The number of fused-ring (bicyclic) bond motifs is 1. The first-order valence-corrected chi connectivity index (χ1v) is 19.9. The minimum absolute atomic E-state index is 0.0140. The first kappa shape index (κ1) is 35.6. The maximum absolute atomic E-state index is 15.3. The van der Waals surface area contributed by atoms with Crippen molar-refractivity contribution in [2.45, 2.75) is 54.6 Å². The van der Waals surface area contributed by atoms with Crippen LogP contribution in [0.2, 0.25) is 10.0 Å². The molecule has 53 heavy (non-hydrogen) atoms. The third-order valence-corrected chi connectivity index (χ3v) is 12.8. The molecule has 2 fully saturated rings. The molecule has 1 aliphatic heterocycles. The molecule has 1 saturated heterocycles. The topological polar surface area (TPSA) is 92.5 Å². The standard InChI is InChI=1S/C42H36Cl2FN3O4S/c43-31-13-8-26(9-14-31)39(27-10-15-32(44)16-11-27)30-12-19-37-38(24-30)48(42(46-37)29-6-7-29)33-20-22-47(23-21-33)53(51,52)34-17-18-35(36(45)25-34)41(50)40(49)28-4-2-1-3-5-28/h1-5,8-19,24-25,29,33,39,41,50H,6-7,20-23H2. The van der Waals surface area contributed by atoms with Gasteiger partial charge >= 0.3 is 0 Å². The number of imidazole rings is 1. The minimum atomic E-state index is -4.05. The summed E-state index contributed by atoms with van der Waals surface area (Å²) in [5.41, 5.74) is 5.14. The summed E-state index contributed by atoms with van der Waals surface area (Å²) in [7, 11) is -4.05. The summed E-state index contributed by atoms with van der Waals surface area (Å²) in [4.78, 5) is 17.6. The van der Waals surface area contributed by atoms with Crippen LogP contribution in [0.3, 0.4) is 0 Å². The van der Waals surface area contributed by atoms with Crippen LogP contribution in [0, 0.1) is 5.82 Å². The van der Waals surface area contributed by atoms with Crippen molar-refractivity contribution < 1.29 is 22.7 Å². The zero-order valence-electron chi connectivity index (χ0n) is 28.6. The van der Waals surface area contributed by atoms with Crippen LogP contribution in [0.4, 0.5) is 4.39 Å². The lowest BCUT2D eigenvalue weighted by molar-refractivity contribution is 0.0740. The monoisotopic (exact) mass is 767 g/mol. The molecule has 1 unspecified atom stereocenters. The van der Waals surface area contributed by atoms with Gasteiger partial charge in [0.25, 0.3) is 0 Å². The molecule has 1 aliphatic carbocycles. The number of nitrogens with zero attached hydrogens (tertiary/aromatic N) is 3. The average molecular weight is 769 g/mol. The third kappa shape index (κ3) is 7.04. The van der Waals surface area contributed by atoms with E-state index < -0.39 is 27.7 Å². The zero-order chi connectivity index (χ0) is 36.9. The quantitative estimate of drug-likeness (QED) is 0.111. The third-order valence-electron chi connectivity index (χ3n) is 10.4. The number of Topliss-reactive ketones (excluding diaryl/α,β-unsaturated/α-hetero) is 1. The molecule has 11 heteroatoms. The Labute approximate surface area is 317 Å². The van der Waals surface area contributed by atoms with E-state index >= 15 is 4.39 Å². The van der Waals surface area contributed by atoms with E-state index in [1.54, 1.807) is 18.2 Å². The second-order valence-electron chi connectivity index (χ2n) is 13.8. The van der Waals surface area contributed by atoms with Gasteiger partial charge in [0.15, 0.2) is 5.78 Å². The highest BCUT2D eigenvalue weighted by molar-refractivity contribution is 7.89. The Bertz CT molecular complexity index is 2360. The van der Waals surface area contributed by atoms with E-state index in [-0.39, 0.29) is 41.1 Å². The highest BCUT2D eigenvalue weighted by Crippen LogP contribution is 2.44. The summed E-state index contributed by atoms with van der Waals surface area (Å²) < 4.78 is 46.6. The maximum Gasteiger partial charge on any atom is 0.243 e. The fourth-order valence-electron chi connectivity index (χ4n) is 7.49. The summed E-state index contributed by atoms with van der Waals surface area (Å²) in [6, 6.07) is 33.6. The van der Waals surface area contributed by atoms with E-state index in [9.17, 15) is 18.3 Å². The molecule has 0 bridgehead atoms. The summed E-state index contributed by atoms with van der Waals surface area (Å²) in [6.45, 7) is 0.486. The molecule has 8 rings (SSSR count). The van der Waals surface area contributed by atoms with E-state index in [2.05, 4.69) is 22.8 Å². The van der Waals surface area contributed by atoms with Crippen molar-refractivity contribution in [2.75, 3.05) is 13.1 Å². The van der Waals surface area contributed by atoms with Gasteiger partial charge in [0.05, 0.1) is 15.9 Å². The lowest BCUT2D eigenvalue weighted by atomic mass is 9.85. The molecular formula is C42H36Cl2FN3O4S. The number of carbonyl (C=O) groups is 1. The number of sulfonamides is 1. The summed E-state index contributed by atoms with van der Waals surface area (Å²) in [5, 5.41) is 12.0. The van der Waals surface area contributed by atoms with E-state index in [0.717, 1.165) is 52.5 Å². The molecule has 6 aromatic rings. The Morgan fingerprint density at radius 2 is 1.38 bits per heavy atom. The Kier molecular flexibility index (Phi) is 9.72. The highest BCUT2D eigenvalue weighted by atomic mass is 35.5. The lowest BCUT2D eigenvalue weighted by Gasteiger charge is -2.33. The van der Waals surface area contributed by atoms with Gasteiger partial charge in [-0.2, -0.15) is 4.31 Å². The molecule has 1 saturated carbocycles. The Balaban J connectivity index is 1.06. The highest BCUT2D eigenvalue weighted by Gasteiger charge is 2.36. The fraction of sp³-hybridized carbons (Fsp3) is 0.238. The van der Waals surface area contributed by atoms with Crippen LogP contribution < -0.4 is 0 Å². The van der Waals surface area contributed by atoms with E-state index in [1.165, 1.54) is 28.6 Å². The van der Waals surface area contributed by atoms with Gasteiger partial charge in [-0.05, 0) is 90.9 Å². The van der Waals surface area contributed by atoms with Crippen molar-refractivity contribution in [2.24, 2.45) is 0 Å². The van der Waals surface area contributed by atoms with E-state index in [1.807, 2.05) is 48.5 Å². The van der Waals surface area contributed by atoms with Crippen molar-refractivity contribution in [1.82, 2.24) is 13.9 Å². The van der Waals surface area contributed by atoms with Crippen molar-refractivity contribution in [3.63, 3.8) is 0 Å². The van der Waals surface area contributed by atoms with Gasteiger partial charge in [0.1, 0.15) is 17.7 Å². The smallest absolute Gasteiger partial charge is 0.243 e. The average Bonchev–Trinajstić information content (AvgIpc) is 3.96. The Morgan fingerprint density at radius 3 is 1.96 bits per heavy atom. The molecule has 0 radical (unpaired) electrons. The minimum Gasteiger partial charge on any atom is -0.380 e. The molecule has 0 spiro atoms. The molecule has 5 aromatic carbocycles. The van der Waals surface area contributed by atoms with Crippen molar-refractivity contribution in [3.8, 4) is 0 Å². The van der Waals surface area contributed by atoms with Gasteiger partial charge in [-0.15, -0.1) is 0 Å². The molecule has 270 valence electrons. The molecule has 1 atom stereocenters. The number of aromatic nitrogens is 2. The van der Waals surface area contributed by atoms with E-state index in [4.69, 9.17) is 28.2 Å². The van der Waals surface area contributed by atoms with Crippen LogP contribution in [0.25, 0.3) is 11.0 Å². The fourth-order valence-corrected chi connectivity index (χ4v) is 9.22. The number of carbonyl (C=O) groups excluding carboxylic acids is 1. The van der Waals surface area contributed by atoms with Gasteiger partial charge in [0, 0.05) is 52.1 Å². The van der Waals surface area contributed by atoms with Crippen LogP contribution in [0.5, 0.6) is 0 Å². The molecular weight excluding hydrogens is 732 g/mol. The largest absolute Gasteiger partial charge is 0.380 e. The predicted octanol–water partition coefficient (Wildman–Crippen LogP) is 9.48. The molecule has 0 amide bonds. The van der Waals surface area contributed by atoms with Gasteiger partial charge in [-0.3, -0.25) is 4.79 Å². The second kappa shape index (κ2) is 14.5. The van der Waals surface area contributed by atoms with Gasteiger partial charge in [0.2, 0.25) is 10.0 Å². The van der Waals surface area contributed by atoms with Crippen molar-refractivity contribution >= 4 is 50.0 Å². The zero-order valence-corrected chi connectivity index (χ0v) is 30.9. The molecule has 2 aliphatic rings. The van der Waals surface area contributed by atoms with Gasteiger partial charge < -0.3 is 9.67 Å². The SMILES string of the molecule is O=C(c1ccccc1)C(O)c1ccc(S(=O)(=O)N2CCC(n3c(C4CC4)nc4ccc(C(c5ccc(Cl)cc5)c5ccc(Cl)cc5)cc43)CC2)cc1F. The maximum atomic E-state index is 15.3. The molecule has 7 nitrogen and oxygen atoms in total. The number of piperidine rings is 1. The summed E-state index contributed by atoms with van der Waals surface area (Å²) in [5.74, 6) is -0.311. The van der Waals surface area contributed by atoms with Crippen LogP contribution in [-0.4, -0.2) is 46.3 Å². The van der Waals surface area contributed by atoms with Crippen LogP contribution in [-0.2, 0) is 10.0 Å². The first-order valence-electron chi connectivity index (χ1n) is 17.7.